The Kier molecular flexibility index (Phi) is 8.53. The van der Waals surface area contributed by atoms with Crippen LogP contribution in [-0.2, 0) is 13.2 Å². The second-order valence-electron chi connectivity index (χ2n) is 8.00. The van der Waals surface area contributed by atoms with Crippen molar-refractivity contribution in [1.29, 1.82) is 5.26 Å². The van der Waals surface area contributed by atoms with Gasteiger partial charge in [-0.15, -0.1) is 0 Å². The SMILES string of the molecule is CCN(CC=CC#CC(C)(C)C)Cc1cccc(OCc2cccc(C#N)c2)c1. The molecule has 2 rings (SSSR count). The van der Waals surface area contributed by atoms with Gasteiger partial charge in [0.25, 0.3) is 0 Å². The minimum atomic E-state index is 0.0329. The van der Waals surface area contributed by atoms with E-state index >= 15 is 0 Å². The summed E-state index contributed by atoms with van der Waals surface area (Å²) >= 11 is 0. The topological polar surface area (TPSA) is 36.3 Å². The Labute approximate surface area is 175 Å². The Morgan fingerprint density at radius 1 is 1.07 bits per heavy atom. The summed E-state index contributed by atoms with van der Waals surface area (Å²) in [7, 11) is 0. The molecule has 0 saturated carbocycles. The molecule has 0 unspecified atom stereocenters. The number of rotatable bonds is 8. The Balaban J connectivity index is 1.92. The smallest absolute Gasteiger partial charge is 0.120 e. The third-order valence-electron chi connectivity index (χ3n) is 4.23. The molecule has 0 aliphatic carbocycles. The Morgan fingerprint density at radius 3 is 2.55 bits per heavy atom. The molecule has 0 heterocycles. The molecule has 3 heteroatoms. The van der Waals surface area contributed by atoms with Gasteiger partial charge in [-0.05, 0) is 68.8 Å². The number of likely N-dealkylation sites (N-methyl/N-ethyl adjacent to an activating group) is 1. The van der Waals surface area contributed by atoms with Crippen LogP contribution < -0.4 is 4.74 Å². The molecule has 0 aliphatic heterocycles. The highest BCUT2D eigenvalue weighted by Gasteiger charge is 2.05. The van der Waals surface area contributed by atoms with Gasteiger partial charge in [0.05, 0.1) is 11.6 Å². The molecule has 2 aromatic rings. The van der Waals surface area contributed by atoms with E-state index in [1.807, 2.05) is 36.4 Å². The van der Waals surface area contributed by atoms with Crippen LogP contribution in [0.15, 0.2) is 60.7 Å². The van der Waals surface area contributed by atoms with Gasteiger partial charge in [-0.1, -0.05) is 49.1 Å². The van der Waals surface area contributed by atoms with Crippen molar-refractivity contribution in [3.8, 4) is 23.7 Å². The van der Waals surface area contributed by atoms with Crippen LogP contribution in [0, 0.1) is 28.6 Å². The van der Waals surface area contributed by atoms with E-state index in [0.717, 1.165) is 30.9 Å². The molecule has 0 bridgehead atoms. The van der Waals surface area contributed by atoms with Gasteiger partial charge in [0.15, 0.2) is 0 Å². The number of allylic oxidation sites excluding steroid dienone is 1. The Hall–Kier alpha value is -3.01. The van der Waals surface area contributed by atoms with E-state index in [0.29, 0.717) is 12.2 Å². The van der Waals surface area contributed by atoms with Crippen LogP contribution >= 0.6 is 0 Å². The Morgan fingerprint density at radius 2 is 1.83 bits per heavy atom. The molecular formula is C26H30N2O. The second-order valence-corrected chi connectivity index (χ2v) is 8.00. The van der Waals surface area contributed by atoms with Crippen molar-refractivity contribution in [2.24, 2.45) is 5.41 Å². The maximum absolute atomic E-state index is 9.01. The first-order chi connectivity index (χ1) is 13.9. The van der Waals surface area contributed by atoms with Crippen molar-refractivity contribution in [3.63, 3.8) is 0 Å². The predicted octanol–water partition coefficient (Wildman–Crippen LogP) is 5.56. The van der Waals surface area contributed by atoms with Gasteiger partial charge in [-0.25, -0.2) is 0 Å². The molecule has 0 aliphatic rings. The molecule has 0 radical (unpaired) electrons. The second kappa shape index (κ2) is 11.1. The first-order valence-corrected chi connectivity index (χ1v) is 10.0. The van der Waals surface area contributed by atoms with E-state index < -0.39 is 0 Å². The van der Waals surface area contributed by atoms with E-state index in [9.17, 15) is 0 Å². The van der Waals surface area contributed by atoms with Gasteiger partial charge in [0.2, 0.25) is 0 Å². The first kappa shape index (κ1) is 22.3. The summed E-state index contributed by atoms with van der Waals surface area (Å²) in [5.41, 5.74) is 2.89. The lowest BCUT2D eigenvalue weighted by atomic mass is 9.98. The number of ether oxygens (including phenoxy) is 1. The standard InChI is InChI=1S/C26H30N2O/c1-5-28(16-8-6-7-15-26(2,3)4)20-23-12-10-14-25(18-23)29-21-24-13-9-11-22(17-24)19-27/h6,8-14,17-18H,5,16,20-21H2,1-4H3. The van der Waals surface area contributed by atoms with Crippen molar-refractivity contribution < 1.29 is 4.74 Å². The summed E-state index contributed by atoms with van der Waals surface area (Å²) in [6.07, 6.45) is 4.06. The van der Waals surface area contributed by atoms with Gasteiger partial charge >= 0.3 is 0 Å². The van der Waals surface area contributed by atoms with E-state index in [4.69, 9.17) is 10.00 Å². The predicted molar refractivity (Wildman–Crippen MR) is 119 cm³/mol. The van der Waals surface area contributed by atoms with E-state index in [-0.39, 0.29) is 5.41 Å². The van der Waals surface area contributed by atoms with Gasteiger partial charge < -0.3 is 4.74 Å². The number of hydrogen-bond acceptors (Lipinski definition) is 3. The average molecular weight is 387 g/mol. The van der Waals surface area contributed by atoms with Gasteiger partial charge in [0, 0.05) is 18.5 Å². The third-order valence-corrected chi connectivity index (χ3v) is 4.23. The molecule has 0 N–H and O–H groups in total. The van der Waals surface area contributed by atoms with Crippen LogP contribution in [0.1, 0.15) is 44.4 Å². The maximum atomic E-state index is 9.01. The normalized spacial score (nSPS) is 11.2. The quantitative estimate of drug-likeness (QED) is 0.557. The summed E-state index contributed by atoms with van der Waals surface area (Å²) in [6, 6.07) is 17.9. The fourth-order valence-corrected chi connectivity index (χ4v) is 2.71. The van der Waals surface area contributed by atoms with Crippen molar-refractivity contribution in [2.75, 3.05) is 13.1 Å². The fraction of sp³-hybridized carbons (Fsp3) is 0.346. The van der Waals surface area contributed by atoms with Crippen molar-refractivity contribution in [2.45, 2.75) is 40.8 Å². The molecule has 0 saturated heterocycles. The van der Waals surface area contributed by atoms with Crippen LogP contribution in [0.5, 0.6) is 5.75 Å². The summed E-state index contributed by atoms with van der Waals surface area (Å²) < 4.78 is 5.93. The molecule has 0 spiro atoms. The van der Waals surface area contributed by atoms with Crippen LogP contribution in [0.25, 0.3) is 0 Å². The molecule has 2 aromatic carbocycles. The zero-order valence-electron chi connectivity index (χ0n) is 17.9. The zero-order chi connectivity index (χ0) is 21.1. The zero-order valence-corrected chi connectivity index (χ0v) is 17.9. The van der Waals surface area contributed by atoms with E-state index in [1.54, 1.807) is 6.07 Å². The highest BCUT2D eigenvalue weighted by atomic mass is 16.5. The van der Waals surface area contributed by atoms with Crippen molar-refractivity contribution in [1.82, 2.24) is 4.90 Å². The van der Waals surface area contributed by atoms with Crippen molar-refractivity contribution >= 4 is 0 Å². The molecule has 0 amide bonds. The van der Waals surface area contributed by atoms with E-state index in [2.05, 4.69) is 68.7 Å². The largest absolute Gasteiger partial charge is 0.489 e. The summed E-state index contributed by atoms with van der Waals surface area (Å²) in [6.45, 7) is 11.6. The average Bonchev–Trinajstić information content (AvgIpc) is 2.70. The lowest BCUT2D eigenvalue weighted by Crippen LogP contribution is -2.22. The fourth-order valence-electron chi connectivity index (χ4n) is 2.71. The number of nitriles is 1. The lowest BCUT2D eigenvalue weighted by molar-refractivity contribution is 0.299. The molecule has 0 fully saturated rings. The third kappa shape index (κ3) is 8.69. The number of benzene rings is 2. The molecule has 0 atom stereocenters. The van der Waals surface area contributed by atoms with Crippen LogP contribution in [0.2, 0.25) is 0 Å². The van der Waals surface area contributed by atoms with Crippen LogP contribution in [0.3, 0.4) is 0 Å². The molecule has 0 aromatic heterocycles. The maximum Gasteiger partial charge on any atom is 0.120 e. The molecule has 3 nitrogen and oxygen atoms in total. The van der Waals surface area contributed by atoms with Gasteiger partial charge in [-0.3, -0.25) is 4.90 Å². The minimum Gasteiger partial charge on any atom is -0.489 e. The number of nitrogens with zero attached hydrogens (tertiary/aromatic N) is 2. The Bertz CT molecular complexity index is 920. The highest BCUT2D eigenvalue weighted by molar-refractivity contribution is 5.33. The van der Waals surface area contributed by atoms with E-state index in [1.165, 1.54) is 5.56 Å². The first-order valence-electron chi connectivity index (χ1n) is 10.0. The summed E-state index contributed by atoms with van der Waals surface area (Å²) in [5, 5.41) is 9.01. The molecular weight excluding hydrogens is 356 g/mol. The monoisotopic (exact) mass is 386 g/mol. The lowest BCUT2D eigenvalue weighted by Gasteiger charge is -2.19. The molecule has 29 heavy (non-hydrogen) atoms. The van der Waals surface area contributed by atoms with Gasteiger partial charge in [0.1, 0.15) is 12.4 Å². The van der Waals surface area contributed by atoms with Crippen molar-refractivity contribution in [3.05, 3.63) is 77.4 Å². The van der Waals surface area contributed by atoms with Crippen LogP contribution in [0.4, 0.5) is 0 Å². The van der Waals surface area contributed by atoms with Gasteiger partial charge in [-0.2, -0.15) is 5.26 Å². The van der Waals surface area contributed by atoms with Crippen LogP contribution in [-0.4, -0.2) is 18.0 Å². The molecule has 150 valence electrons. The highest BCUT2D eigenvalue weighted by Crippen LogP contribution is 2.17. The number of hydrogen-bond donors (Lipinski definition) is 0. The summed E-state index contributed by atoms with van der Waals surface area (Å²) in [5.74, 6) is 7.18. The summed E-state index contributed by atoms with van der Waals surface area (Å²) in [4.78, 5) is 2.35. The minimum absolute atomic E-state index is 0.0329.